The summed E-state index contributed by atoms with van der Waals surface area (Å²) in [5.41, 5.74) is 3.48. The molecule has 4 rings (SSSR count). The van der Waals surface area contributed by atoms with Gasteiger partial charge in [-0.3, -0.25) is 4.79 Å². The van der Waals surface area contributed by atoms with E-state index in [4.69, 9.17) is 9.47 Å². The van der Waals surface area contributed by atoms with Gasteiger partial charge in [0.15, 0.2) is 0 Å². The largest absolute Gasteiger partial charge is 0.489 e. The molecular weight excluding hydrogens is 374 g/mol. The van der Waals surface area contributed by atoms with E-state index in [1.807, 2.05) is 67.6 Å². The lowest BCUT2D eigenvalue weighted by Gasteiger charge is -2.38. The minimum absolute atomic E-state index is 0.106. The highest BCUT2D eigenvalue weighted by Crippen LogP contribution is 2.40. The van der Waals surface area contributed by atoms with Gasteiger partial charge in [0.25, 0.3) is 5.91 Å². The van der Waals surface area contributed by atoms with E-state index in [1.54, 1.807) is 6.07 Å². The zero-order valence-corrected chi connectivity index (χ0v) is 17.6. The lowest BCUT2D eigenvalue weighted by atomic mass is 9.89. The van der Waals surface area contributed by atoms with E-state index in [1.165, 1.54) is 0 Å². The van der Waals surface area contributed by atoms with Crippen molar-refractivity contribution in [2.75, 3.05) is 0 Å². The molecular formula is C26H27NO3. The smallest absolute Gasteiger partial charge is 0.251 e. The zero-order valence-electron chi connectivity index (χ0n) is 17.6. The number of aryl methyl sites for hydroxylation is 1. The summed E-state index contributed by atoms with van der Waals surface area (Å²) in [5, 5.41) is 3.19. The molecule has 30 heavy (non-hydrogen) atoms. The van der Waals surface area contributed by atoms with Gasteiger partial charge in [-0.1, -0.05) is 48.5 Å². The van der Waals surface area contributed by atoms with Crippen LogP contribution in [0.25, 0.3) is 0 Å². The van der Waals surface area contributed by atoms with Crippen LogP contribution in [0, 0.1) is 6.92 Å². The molecule has 0 bridgehead atoms. The Morgan fingerprint density at radius 3 is 2.67 bits per heavy atom. The maximum Gasteiger partial charge on any atom is 0.251 e. The van der Waals surface area contributed by atoms with Crippen LogP contribution >= 0.6 is 0 Å². The third-order valence-corrected chi connectivity index (χ3v) is 5.28. The van der Waals surface area contributed by atoms with E-state index in [2.05, 4.69) is 25.2 Å². The molecule has 3 aromatic rings. The normalized spacial score (nSPS) is 16.8. The molecule has 1 aliphatic heterocycles. The molecule has 3 aromatic carbocycles. The number of carbonyl (C=O) groups is 1. The fourth-order valence-corrected chi connectivity index (χ4v) is 3.80. The number of hydrogen-bond acceptors (Lipinski definition) is 3. The average molecular weight is 402 g/mol. The van der Waals surface area contributed by atoms with Crippen molar-refractivity contribution < 1.29 is 14.3 Å². The van der Waals surface area contributed by atoms with Gasteiger partial charge in [-0.25, -0.2) is 0 Å². The van der Waals surface area contributed by atoms with E-state index < -0.39 is 0 Å². The van der Waals surface area contributed by atoms with Crippen LogP contribution in [0.4, 0.5) is 0 Å². The molecule has 154 valence electrons. The maximum atomic E-state index is 13.0. The average Bonchev–Trinajstić information content (AvgIpc) is 2.72. The van der Waals surface area contributed by atoms with Crippen LogP contribution in [-0.4, -0.2) is 11.5 Å². The van der Waals surface area contributed by atoms with Gasteiger partial charge in [-0.05, 0) is 56.2 Å². The van der Waals surface area contributed by atoms with Crippen LogP contribution in [0.5, 0.6) is 11.5 Å². The summed E-state index contributed by atoms with van der Waals surface area (Å²) in [6, 6.07) is 23.3. The fourth-order valence-electron chi connectivity index (χ4n) is 3.80. The molecule has 0 aliphatic carbocycles. The molecule has 4 heteroatoms. The molecule has 0 saturated carbocycles. The number of benzene rings is 3. The minimum atomic E-state index is -0.348. The molecule has 1 heterocycles. The lowest BCUT2D eigenvalue weighted by Crippen LogP contribution is -2.41. The number of carbonyl (C=O) groups excluding carboxylic acids is 1. The molecule has 1 N–H and O–H groups in total. The SMILES string of the molecule is Cc1ccc2c(c1)OC(C)(C)C[C@H]2NC(=O)c1cccc(OCc2ccccc2)c1. The number of amides is 1. The minimum Gasteiger partial charge on any atom is -0.489 e. The second kappa shape index (κ2) is 8.23. The molecule has 0 saturated heterocycles. The quantitative estimate of drug-likeness (QED) is 0.605. The van der Waals surface area contributed by atoms with E-state index in [-0.39, 0.29) is 17.6 Å². The Kier molecular flexibility index (Phi) is 5.49. The van der Waals surface area contributed by atoms with Gasteiger partial charge in [0.2, 0.25) is 0 Å². The second-order valence-corrected chi connectivity index (χ2v) is 8.44. The molecule has 0 radical (unpaired) electrons. The first kappa shape index (κ1) is 20.0. The Hall–Kier alpha value is -3.27. The Balaban J connectivity index is 1.49. The number of hydrogen-bond donors (Lipinski definition) is 1. The maximum absolute atomic E-state index is 13.0. The second-order valence-electron chi connectivity index (χ2n) is 8.44. The molecule has 0 fully saturated rings. The number of ether oxygens (including phenoxy) is 2. The van der Waals surface area contributed by atoms with Crippen molar-refractivity contribution in [3.05, 3.63) is 95.1 Å². The Morgan fingerprint density at radius 2 is 1.87 bits per heavy atom. The summed E-state index contributed by atoms with van der Waals surface area (Å²) in [6.07, 6.45) is 0.707. The van der Waals surface area contributed by atoms with E-state index in [0.717, 1.165) is 22.4 Å². The van der Waals surface area contributed by atoms with E-state index in [0.29, 0.717) is 24.3 Å². The molecule has 1 atom stereocenters. The lowest BCUT2D eigenvalue weighted by molar-refractivity contribution is 0.0619. The standard InChI is InChI=1S/C26H27NO3/c1-18-12-13-22-23(16-26(2,3)30-24(22)14-18)27-25(28)20-10-7-11-21(15-20)29-17-19-8-5-4-6-9-19/h4-15,23H,16-17H2,1-3H3,(H,27,28)/t23-/m1/s1. The third-order valence-electron chi connectivity index (χ3n) is 5.28. The van der Waals surface area contributed by atoms with Crippen molar-refractivity contribution in [1.82, 2.24) is 5.32 Å². The molecule has 0 unspecified atom stereocenters. The van der Waals surface area contributed by atoms with Gasteiger partial charge in [0.1, 0.15) is 23.7 Å². The first-order valence-electron chi connectivity index (χ1n) is 10.3. The summed E-state index contributed by atoms with van der Waals surface area (Å²) in [4.78, 5) is 13.0. The molecule has 1 amide bonds. The van der Waals surface area contributed by atoms with Gasteiger partial charge in [0, 0.05) is 17.5 Å². The molecule has 4 nitrogen and oxygen atoms in total. The van der Waals surface area contributed by atoms with Crippen LogP contribution in [-0.2, 0) is 6.61 Å². The Morgan fingerprint density at radius 1 is 1.07 bits per heavy atom. The molecule has 0 aromatic heterocycles. The highest BCUT2D eigenvalue weighted by atomic mass is 16.5. The van der Waals surface area contributed by atoms with Crippen LogP contribution in [0.1, 0.15) is 53.4 Å². The first-order valence-corrected chi connectivity index (χ1v) is 10.3. The highest BCUT2D eigenvalue weighted by molar-refractivity contribution is 5.94. The summed E-state index contributed by atoms with van der Waals surface area (Å²) >= 11 is 0. The van der Waals surface area contributed by atoms with Crippen molar-refractivity contribution in [2.24, 2.45) is 0 Å². The predicted octanol–water partition coefficient (Wildman–Crippen LogP) is 5.61. The molecule has 0 spiro atoms. The van der Waals surface area contributed by atoms with Crippen molar-refractivity contribution in [2.45, 2.75) is 45.4 Å². The summed E-state index contributed by atoms with van der Waals surface area (Å²) < 4.78 is 12.0. The van der Waals surface area contributed by atoms with Gasteiger partial charge in [-0.2, -0.15) is 0 Å². The van der Waals surface area contributed by atoms with Crippen molar-refractivity contribution in [1.29, 1.82) is 0 Å². The van der Waals surface area contributed by atoms with Crippen molar-refractivity contribution >= 4 is 5.91 Å². The predicted molar refractivity (Wildman–Crippen MR) is 118 cm³/mol. The van der Waals surface area contributed by atoms with Gasteiger partial charge in [0.05, 0.1) is 6.04 Å². The Labute approximate surface area is 177 Å². The van der Waals surface area contributed by atoms with Crippen molar-refractivity contribution in [3.8, 4) is 11.5 Å². The van der Waals surface area contributed by atoms with Crippen molar-refractivity contribution in [3.63, 3.8) is 0 Å². The van der Waals surface area contributed by atoms with Gasteiger partial charge < -0.3 is 14.8 Å². The highest BCUT2D eigenvalue weighted by Gasteiger charge is 2.34. The number of rotatable bonds is 5. The Bertz CT molecular complexity index is 1040. The van der Waals surface area contributed by atoms with E-state index in [9.17, 15) is 4.79 Å². The fraction of sp³-hybridized carbons (Fsp3) is 0.269. The van der Waals surface area contributed by atoms with Gasteiger partial charge >= 0.3 is 0 Å². The van der Waals surface area contributed by atoms with Gasteiger partial charge in [-0.15, -0.1) is 0 Å². The van der Waals surface area contributed by atoms with Crippen LogP contribution in [0.3, 0.4) is 0 Å². The summed E-state index contributed by atoms with van der Waals surface area (Å²) in [7, 11) is 0. The monoisotopic (exact) mass is 401 g/mol. The zero-order chi connectivity index (χ0) is 21.1. The summed E-state index contributed by atoms with van der Waals surface area (Å²) in [5.74, 6) is 1.40. The molecule has 1 aliphatic rings. The first-order chi connectivity index (χ1) is 14.4. The topological polar surface area (TPSA) is 47.6 Å². The van der Waals surface area contributed by atoms with E-state index >= 15 is 0 Å². The van der Waals surface area contributed by atoms with Crippen LogP contribution in [0.2, 0.25) is 0 Å². The summed E-state index contributed by atoms with van der Waals surface area (Å²) in [6.45, 7) is 6.61. The van der Waals surface area contributed by atoms with Crippen LogP contribution < -0.4 is 14.8 Å². The number of nitrogens with one attached hydrogen (secondary N) is 1. The number of fused-ring (bicyclic) bond motifs is 1. The third kappa shape index (κ3) is 4.65. The van der Waals surface area contributed by atoms with Crippen LogP contribution in [0.15, 0.2) is 72.8 Å².